The molecule has 0 N–H and O–H groups in total. The average Bonchev–Trinajstić information content (AvgIpc) is 3.60. The lowest BCUT2D eigenvalue weighted by atomic mass is 9.92. The quantitative estimate of drug-likeness (QED) is 0.186. The Labute approximate surface area is 295 Å². The van der Waals surface area contributed by atoms with Gasteiger partial charge in [0.15, 0.2) is 5.82 Å². The molecule has 0 radical (unpaired) electrons. The van der Waals surface area contributed by atoms with E-state index < -0.39 is 0 Å². The monoisotopic (exact) mass is 650 g/mol. The molecule has 0 fully saturated rings. The molecule has 10 aromatic rings. The van der Waals surface area contributed by atoms with Crippen LogP contribution in [0.1, 0.15) is 0 Å². The molecule has 0 saturated heterocycles. The lowest BCUT2D eigenvalue weighted by Gasteiger charge is -2.15. The highest BCUT2D eigenvalue weighted by atomic mass is 16.3. The van der Waals surface area contributed by atoms with Crippen molar-refractivity contribution in [3.8, 4) is 56.2 Å². The fourth-order valence-corrected chi connectivity index (χ4v) is 7.48. The van der Waals surface area contributed by atoms with Crippen molar-refractivity contribution < 1.29 is 4.42 Å². The predicted molar refractivity (Wildman–Crippen MR) is 212 cm³/mol. The average molecular weight is 651 g/mol. The molecule has 3 nitrogen and oxygen atoms in total. The summed E-state index contributed by atoms with van der Waals surface area (Å²) < 4.78 is 6.49. The number of hydrogen-bond acceptors (Lipinski definition) is 3. The van der Waals surface area contributed by atoms with E-state index in [9.17, 15) is 0 Å². The third kappa shape index (κ3) is 4.98. The summed E-state index contributed by atoms with van der Waals surface area (Å²) in [5, 5.41) is 6.83. The van der Waals surface area contributed by atoms with Gasteiger partial charge in [0.1, 0.15) is 11.2 Å². The normalized spacial score (nSPS) is 11.5. The van der Waals surface area contributed by atoms with E-state index in [2.05, 4.69) is 152 Å². The van der Waals surface area contributed by atoms with Crippen molar-refractivity contribution in [2.45, 2.75) is 0 Å². The van der Waals surface area contributed by atoms with E-state index in [1.807, 2.05) is 30.3 Å². The summed E-state index contributed by atoms with van der Waals surface area (Å²) >= 11 is 0. The smallest absolute Gasteiger partial charge is 0.160 e. The second-order valence-corrected chi connectivity index (χ2v) is 12.9. The van der Waals surface area contributed by atoms with Gasteiger partial charge < -0.3 is 4.42 Å². The molecule has 0 saturated carbocycles. The summed E-state index contributed by atoms with van der Waals surface area (Å²) in [6, 6.07) is 63.8. The molecule has 0 unspecified atom stereocenters. The number of benzene rings is 8. The maximum Gasteiger partial charge on any atom is 0.160 e. The zero-order chi connectivity index (χ0) is 33.7. The van der Waals surface area contributed by atoms with Crippen LogP contribution < -0.4 is 0 Å². The molecule has 0 amide bonds. The Morgan fingerprint density at radius 1 is 0.333 bits per heavy atom. The number of furan rings is 1. The van der Waals surface area contributed by atoms with Gasteiger partial charge >= 0.3 is 0 Å². The molecule has 2 heterocycles. The highest BCUT2D eigenvalue weighted by molar-refractivity contribution is 6.13. The summed E-state index contributed by atoms with van der Waals surface area (Å²) in [6.07, 6.45) is 0. The first-order chi connectivity index (χ1) is 25.3. The van der Waals surface area contributed by atoms with Crippen molar-refractivity contribution >= 4 is 43.5 Å². The lowest BCUT2D eigenvalue weighted by molar-refractivity contribution is 0.670. The van der Waals surface area contributed by atoms with Crippen LogP contribution in [-0.2, 0) is 0 Å². The topological polar surface area (TPSA) is 38.9 Å². The van der Waals surface area contributed by atoms with Gasteiger partial charge in [0, 0.05) is 33.0 Å². The molecule has 51 heavy (non-hydrogen) atoms. The van der Waals surface area contributed by atoms with E-state index in [4.69, 9.17) is 14.4 Å². The second kappa shape index (κ2) is 11.9. The first-order valence-electron chi connectivity index (χ1n) is 17.2. The molecule has 0 spiro atoms. The van der Waals surface area contributed by atoms with Crippen LogP contribution in [0.5, 0.6) is 0 Å². The zero-order valence-electron chi connectivity index (χ0n) is 27.6. The van der Waals surface area contributed by atoms with Gasteiger partial charge in [-0.3, -0.25) is 0 Å². The van der Waals surface area contributed by atoms with Gasteiger partial charge in [-0.25, -0.2) is 9.97 Å². The van der Waals surface area contributed by atoms with E-state index in [0.717, 1.165) is 82.9 Å². The van der Waals surface area contributed by atoms with Gasteiger partial charge in [0.25, 0.3) is 0 Å². The Morgan fingerprint density at radius 3 is 1.71 bits per heavy atom. The Bertz CT molecular complexity index is 2910. The Morgan fingerprint density at radius 2 is 0.922 bits per heavy atom. The minimum atomic E-state index is 0.692. The minimum absolute atomic E-state index is 0.692. The summed E-state index contributed by atoms with van der Waals surface area (Å²) in [6.45, 7) is 0. The van der Waals surface area contributed by atoms with Crippen LogP contribution in [0.4, 0.5) is 0 Å². The van der Waals surface area contributed by atoms with Gasteiger partial charge in [-0.05, 0) is 62.5 Å². The van der Waals surface area contributed by atoms with Crippen LogP contribution in [0.25, 0.3) is 99.6 Å². The minimum Gasteiger partial charge on any atom is -0.455 e. The van der Waals surface area contributed by atoms with Crippen LogP contribution >= 0.6 is 0 Å². The molecule has 238 valence electrons. The molecule has 0 aliphatic carbocycles. The van der Waals surface area contributed by atoms with Gasteiger partial charge in [-0.1, -0.05) is 158 Å². The molecule has 2 aromatic heterocycles. The van der Waals surface area contributed by atoms with Crippen LogP contribution in [0.3, 0.4) is 0 Å². The number of aromatic nitrogens is 2. The van der Waals surface area contributed by atoms with E-state index in [-0.39, 0.29) is 0 Å². The van der Waals surface area contributed by atoms with Crippen molar-refractivity contribution in [1.29, 1.82) is 0 Å². The molecule has 0 bridgehead atoms. The van der Waals surface area contributed by atoms with Gasteiger partial charge in [0.05, 0.1) is 11.4 Å². The summed E-state index contributed by atoms with van der Waals surface area (Å²) in [5.74, 6) is 0.692. The van der Waals surface area contributed by atoms with Crippen LogP contribution in [0.15, 0.2) is 186 Å². The predicted octanol–water partition coefficient (Wildman–Crippen LogP) is 13.0. The Hall–Kier alpha value is -6.84. The third-order valence-corrected chi connectivity index (χ3v) is 9.90. The Kier molecular flexibility index (Phi) is 6.81. The number of hydrogen-bond donors (Lipinski definition) is 0. The molecular weight excluding hydrogens is 621 g/mol. The maximum absolute atomic E-state index is 6.49. The molecule has 3 heteroatoms. The maximum atomic E-state index is 6.49. The van der Waals surface area contributed by atoms with Crippen molar-refractivity contribution in [3.63, 3.8) is 0 Å². The number of fused-ring (bicyclic) bond motifs is 5. The fraction of sp³-hybridized carbons (Fsp3) is 0. The highest BCUT2D eigenvalue weighted by Crippen LogP contribution is 2.42. The standard InChI is InChI=1S/C48H30N2O/c1-3-14-31(15-4-1)34-28-33-18-7-8-19-35(33)43(29-34)45-30-44(49-48(50-45)32-16-5-2-6-17-32)39-27-26-38(36-20-9-10-21-37(36)39)41-23-13-24-42-40-22-11-12-25-46(40)51-47(41)42/h1-30H. The van der Waals surface area contributed by atoms with E-state index in [0.29, 0.717) is 5.82 Å². The van der Waals surface area contributed by atoms with Gasteiger partial charge in [-0.2, -0.15) is 0 Å². The summed E-state index contributed by atoms with van der Waals surface area (Å²) in [7, 11) is 0. The fourth-order valence-electron chi connectivity index (χ4n) is 7.48. The lowest BCUT2D eigenvalue weighted by Crippen LogP contribution is -1.97. The summed E-state index contributed by atoms with van der Waals surface area (Å²) in [4.78, 5) is 10.5. The molecule has 0 aliphatic rings. The number of para-hydroxylation sites is 2. The van der Waals surface area contributed by atoms with Crippen molar-refractivity contribution in [1.82, 2.24) is 9.97 Å². The van der Waals surface area contributed by atoms with Crippen LogP contribution in [0.2, 0.25) is 0 Å². The molecule has 8 aromatic carbocycles. The molecule has 0 atom stereocenters. The van der Waals surface area contributed by atoms with E-state index in [1.165, 1.54) is 10.9 Å². The van der Waals surface area contributed by atoms with Crippen LogP contribution in [-0.4, -0.2) is 9.97 Å². The van der Waals surface area contributed by atoms with E-state index in [1.54, 1.807) is 0 Å². The van der Waals surface area contributed by atoms with Crippen LogP contribution in [0, 0.1) is 0 Å². The van der Waals surface area contributed by atoms with E-state index >= 15 is 0 Å². The Balaban J connectivity index is 1.21. The summed E-state index contributed by atoms with van der Waals surface area (Å²) in [5.41, 5.74) is 11.2. The molecule has 0 aliphatic heterocycles. The number of nitrogens with zero attached hydrogens (tertiary/aromatic N) is 2. The number of rotatable bonds is 5. The first kappa shape index (κ1) is 29.1. The molecule has 10 rings (SSSR count). The third-order valence-electron chi connectivity index (χ3n) is 9.90. The van der Waals surface area contributed by atoms with Gasteiger partial charge in [0.2, 0.25) is 0 Å². The zero-order valence-corrected chi connectivity index (χ0v) is 27.6. The molecular formula is C48H30N2O. The first-order valence-corrected chi connectivity index (χ1v) is 17.2. The van der Waals surface area contributed by atoms with Crippen molar-refractivity contribution in [2.75, 3.05) is 0 Å². The van der Waals surface area contributed by atoms with Gasteiger partial charge in [-0.15, -0.1) is 0 Å². The highest BCUT2D eigenvalue weighted by Gasteiger charge is 2.19. The van der Waals surface area contributed by atoms with Crippen molar-refractivity contribution in [3.05, 3.63) is 182 Å². The largest absolute Gasteiger partial charge is 0.455 e. The van der Waals surface area contributed by atoms with Crippen molar-refractivity contribution in [2.24, 2.45) is 0 Å². The second-order valence-electron chi connectivity index (χ2n) is 12.9. The SMILES string of the molecule is c1ccc(-c2cc(-c3cc(-c4ccc(-c5cccc6c5oc5ccccc56)c5ccccc45)nc(-c4ccccc4)n3)c3ccccc3c2)cc1.